The minimum atomic E-state index is -0.463. The Morgan fingerprint density at radius 2 is 1.93 bits per heavy atom. The molecule has 4 rings (SSSR count). The highest BCUT2D eigenvalue weighted by atomic mass is 35.5. The zero-order chi connectivity index (χ0) is 18.7. The van der Waals surface area contributed by atoms with Crippen LogP contribution >= 0.6 is 11.6 Å². The summed E-state index contributed by atoms with van der Waals surface area (Å²) in [5.74, 6) is 0.528. The van der Waals surface area contributed by atoms with E-state index in [1.54, 1.807) is 16.9 Å². The number of nitrogens with one attached hydrogen (secondary N) is 2. The van der Waals surface area contributed by atoms with Crippen LogP contribution in [0.25, 0.3) is 5.69 Å². The van der Waals surface area contributed by atoms with Crippen molar-refractivity contribution < 1.29 is 4.79 Å². The van der Waals surface area contributed by atoms with Gasteiger partial charge in [0.1, 0.15) is 0 Å². The molecule has 1 aliphatic rings. The summed E-state index contributed by atoms with van der Waals surface area (Å²) in [6, 6.07) is 19.4. The highest BCUT2D eigenvalue weighted by molar-refractivity contribution is 6.32. The number of aromatic nitrogens is 2. The van der Waals surface area contributed by atoms with Crippen molar-refractivity contribution in [2.24, 2.45) is 5.41 Å². The molecule has 138 valence electrons. The highest BCUT2D eigenvalue weighted by Gasteiger charge is 2.41. The number of benzene rings is 2. The molecule has 2 heterocycles. The number of hydrogen-bond acceptors (Lipinski definition) is 3. The summed E-state index contributed by atoms with van der Waals surface area (Å²) < 4.78 is 1.68. The van der Waals surface area contributed by atoms with Crippen LogP contribution in [-0.4, -0.2) is 28.8 Å². The van der Waals surface area contributed by atoms with Crippen LogP contribution in [0.2, 0.25) is 5.02 Å². The van der Waals surface area contributed by atoms with Gasteiger partial charge in [-0.3, -0.25) is 4.79 Å². The number of rotatable bonds is 5. The van der Waals surface area contributed by atoms with Gasteiger partial charge in [-0.05, 0) is 37.1 Å². The van der Waals surface area contributed by atoms with E-state index < -0.39 is 5.41 Å². The van der Waals surface area contributed by atoms with Crippen molar-refractivity contribution in [3.63, 3.8) is 0 Å². The van der Waals surface area contributed by atoms with Crippen molar-refractivity contribution in [3.05, 3.63) is 77.4 Å². The van der Waals surface area contributed by atoms with Gasteiger partial charge in [-0.1, -0.05) is 54.1 Å². The van der Waals surface area contributed by atoms with Gasteiger partial charge < -0.3 is 10.6 Å². The number of nitrogens with zero attached hydrogens (tertiary/aromatic N) is 2. The Morgan fingerprint density at radius 3 is 2.67 bits per heavy atom. The third kappa shape index (κ3) is 3.75. The van der Waals surface area contributed by atoms with Crippen LogP contribution in [0.3, 0.4) is 0 Å². The van der Waals surface area contributed by atoms with E-state index in [1.807, 2.05) is 42.5 Å². The van der Waals surface area contributed by atoms with Crippen LogP contribution < -0.4 is 10.6 Å². The smallest absolute Gasteiger partial charge is 0.233 e. The molecule has 1 amide bonds. The van der Waals surface area contributed by atoms with E-state index in [0.29, 0.717) is 23.8 Å². The Hall–Kier alpha value is -2.63. The second-order valence-corrected chi connectivity index (χ2v) is 7.33. The highest BCUT2D eigenvalue weighted by Crippen LogP contribution is 2.32. The lowest BCUT2D eigenvalue weighted by molar-refractivity contribution is -0.124. The molecule has 2 N–H and O–H groups in total. The molecule has 1 unspecified atom stereocenters. The summed E-state index contributed by atoms with van der Waals surface area (Å²) in [5.41, 5.74) is 1.48. The second kappa shape index (κ2) is 7.55. The molecule has 1 atom stereocenters. The van der Waals surface area contributed by atoms with Crippen molar-refractivity contribution >= 4 is 23.3 Å². The van der Waals surface area contributed by atoms with Crippen molar-refractivity contribution in [2.45, 2.75) is 12.8 Å². The molecule has 0 bridgehead atoms. The van der Waals surface area contributed by atoms with Crippen LogP contribution in [0, 0.1) is 5.41 Å². The summed E-state index contributed by atoms with van der Waals surface area (Å²) in [7, 11) is 0. The summed E-state index contributed by atoms with van der Waals surface area (Å²) in [5, 5.41) is 11.4. The Bertz CT molecular complexity index is 932. The molecule has 0 aliphatic carbocycles. The number of anilines is 1. The third-order valence-electron chi connectivity index (χ3n) is 5.04. The predicted octanol–water partition coefficient (Wildman–Crippen LogP) is 3.69. The minimum Gasteiger partial charge on any atom is -0.316 e. The quantitative estimate of drug-likeness (QED) is 0.709. The molecule has 1 saturated heterocycles. The fraction of sp³-hybridized carbons (Fsp3) is 0.238. The number of carbonyl (C=O) groups is 1. The molecule has 6 heteroatoms. The maximum Gasteiger partial charge on any atom is 0.233 e. The van der Waals surface area contributed by atoms with Gasteiger partial charge in [0.2, 0.25) is 5.91 Å². The molecule has 1 fully saturated rings. The maximum absolute atomic E-state index is 13.1. The lowest BCUT2D eigenvalue weighted by atomic mass is 9.80. The second-order valence-electron chi connectivity index (χ2n) is 6.92. The van der Waals surface area contributed by atoms with Gasteiger partial charge in [0.15, 0.2) is 5.82 Å². The fourth-order valence-corrected chi connectivity index (χ4v) is 3.79. The van der Waals surface area contributed by atoms with Crippen LogP contribution in [0.4, 0.5) is 5.82 Å². The third-order valence-corrected chi connectivity index (χ3v) is 5.36. The van der Waals surface area contributed by atoms with Crippen LogP contribution in [-0.2, 0) is 11.2 Å². The van der Waals surface area contributed by atoms with Crippen LogP contribution in [0.1, 0.15) is 12.0 Å². The zero-order valence-electron chi connectivity index (χ0n) is 14.9. The molecular formula is C21H21ClN4O. The Balaban J connectivity index is 1.53. The van der Waals surface area contributed by atoms with Crippen molar-refractivity contribution in [3.8, 4) is 5.69 Å². The van der Waals surface area contributed by atoms with Gasteiger partial charge in [-0.25, -0.2) is 4.68 Å². The maximum atomic E-state index is 13.1. The van der Waals surface area contributed by atoms with Crippen molar-refractivity contribution in [1.29, 1.82) is 0 Å². The molecule has 5 nitrogen and oxygen atoms in total. The van der Waals surface area contributed by atoms with Crippen LogP contribution in [0.15, 0.2) is 66.9 Å². The van der Waals surface area contributed by atoms with Crippen molar-refractivity contribution in [2.75, 3.05) is 18.4 Å². The van der Waals surface area contributed by atoms with E-state index in [9.17, 15) is 4.79 Å². The van der Waals surface area contributed by atoms with E-state index in [1.165, 1.54) is 0 Å². The first-order chi connectivity index (χ1) is 13.2. The Labute approximate surface area is 163 Å². The lowest BCUT2D eigenvalue weighted by Gasteiger charge is -2.26. The van der Waals surface area contributed by atoms with Gasteiger partial charge >= 0.3 is 0 Å². The van der Waals surface area contributed by atoms with Crippen molar-refractivity contribution in [1.82, 2.24) is 15.1 Å². The number of halogens is 1. The SMILES string of the molecule is O=C(Nc1ccn(-c2ccccc2Cl)n1)C1(Cc2ccccc2)CCNC1. The molecule has 0 radical (unpaired) electrons. The van der Waals surface area contributed by atoms with Gasteiger partial charge in [0.05, 0.1) is 16.1 Å². The first-order valence-corrected chi connectivity index (χ1v) is 9.41. The standard InChI is InChI=1S/C21H21ClN4O/c22-17-8-4-5-9-18(17)26-13-10-19(25-26)24-20(27)21(11-12-23-15-21)14-16-6-2-1-3-7-16/h1-10,13,23H,11-12,14-15H2,(H,24,25,27). The van der Waals surface area contributed by atoms with Gasteiger partial charge in [-0.15, -0.1) is 0 Å². The number of para-hydroxylation sites is 1. The summed E-state index contributed by atoms with van der Waals surface area (Å²) in [6.07, 6.45) is 3.31. The van der Waals surface area contributed by atoms with E-state index in [4.69, 9.17) is 11.6 Å². The van der Waals surface area contributed by atoms with Crippen LogP contribution in [0.5, 0.6) is 0 Å². The predicted molar refractivity (Wildman–Crippen MR) is 107 cm³/mol. The molecule has 1 aliphatic heterocycles. The summed E-state index contributed by atoms with van der Waals surface area (Å²) in [4.78, 5) is 13.1. The number of hydrogen-bond donors (Lipinski definition) is 2. The molecule has 0 saturated carbocycles. The lowest BCUT2D eigenvalue weighted by Crippen LogP contribution is -2.40. The van der Waals surface area contributed by atoms with E-state index >= 15 is 0 Å². The normalized spacial score (nSPS) is 19.1. The Morgan fingerprint density at radius 1 is 1.15 bits per heavy atom. The minimum absolute atomic E-state index is 0.000705. The van der Waals surface area contributed by atoms with Gasteiger partial charge in [-0.2, -0.15) is 5.10 Å². The monoisotopic (exact) mass is 380 g/mol. The van der Waals surface area contributed by atoms with Gasteiger partial charge in [0, 0.05) is 18.8 Å². The van der Waals surface area contributed by atoms with E-state index in [-0.39, 0.29) is 5.91 Å². The molecule has 0 spiro atoms. The fourth-order valence-electron chi connectivity index (χ4n) is 3.57. The number of amides is 1. The summed E-state index contributed by atoms with van der Waals surface area (Å²) >= 11 is 6.23. The zero-order valence-corrected chi connectivity index (χ0v) is 15.6. The topological polar surface area (TPSA) is 59.0 Å². The molecular weight excluding hydrogens is 360 g/mol. The largest absolute Gasteiger partial charge is 0.316 e. The molecule has 2 aromatic carbocycles. The Kier molecular flexibility index (Phi) is 4.97. The molecule has 27 heavy (non-hydrogen) atoms. The first kappa shape index (κ1) is 17.8. The number of carbonyl (C=O) groups excluding carboxylic acids is 1. The first-order valence-electron chi connectivity index (χ1n) is 9.03. The average Bonchev–Trinajstić information content (AvgIpc) is 3.33. The van der Waals surface area contributed by atoms with E-state index in [0.717, 1.165) is 24.2 Å². The molecule has 3 aromatic rings. The van der Waals surface area contributed by atoms with E-state index in [2.05, 4.69) is 27.9 Å². The average molecular weight is 381 g/mol. The van der Waals surface area contributed by atoms with Gasteiger partial charge in [0.25, 0.3) is 0 Å². The summed E-state index contributed by atoms with van der Waals surface area (Å²) in [6.45, 7) is 1.51. The molecule has 1 aromatic heterocycles.